The van der Waals surface area contributed by atoms with E-state index in [0.29, 0.717) is 6.04 Å². The van der Waals surface area contributed by atoms with E-state index in [1.165, 1.54) is 24.3 Å². The van der Waals surface area contributed by atoms with Crippen LogP contribution < -0.4 is 0 Å². The first kappa shape index (κ1) is 17.6. The molecule has 138 valence electrons. The Labute approximate surface area is 153 Å². The molecule has 0 aliphatic carbocycles. The zero-order valence-electron chi connectivity index (χ0n) is 14.8. The fraction of sp³-hybridized carbons (Fsp3) is 0.429. The molecule has 26 heavy (non-hydrogen) atoms. The summed E-state index contributed by atoms with van der Waals surface area (Å²) in [4.78, 5) is 4.92. The maximum atomic E-state index is 13.4. The van der Waals surface area contributed by atoms with Crippen molar-refractivity contribution < 1.29 is 13.5 Å². The molecule has 2 aliphatic heterocycles. The summed E-state index contributed by atoms with van der Waals surface area (Å²) in [5.74, 6) is -0.477. The van der Waals surface area contributed by atoms with E-state index in [-0.39, 0.29) is 17.7 Å². The Balaban J connectivity index is 1.55. The van der Waals surface area contributed by atoms with E-state index in [9.17, 15) is 8.78 Å². The van der Waals surface area contributed by atoms with Gasteiger partial charge in [0.1, 0.15) is 11.6 Å². The zero-order chi connectivity index (χ0) is 17.9. The second kappa shape index (κ2) is 7.82. The Kier molecular flexibility index (Phi) is 5.29. The smallest absolute Gasteiger partial charge is 0.123 e. The van der Waals surface area contributed by atoms with Crippen molar-refractivity contribution in [3.8, 4) is 0 Å². The van der Waals surface area contributed by atoms with Crippen LogP contribution >= 0.6 is 0 Å². The van der Waals surface area contributed by atoms with Gasteiger partial charge in [-0.05, 0) is 41.8 Å². The number of benzene rings is 2. The van der Waals surface area contributed by atoms with Crippen molar-refractivity contribution in [2.75, 3.05) is 39.4 Å². The molecule has 5 heteroatoms. The Morgan fingerprint density at radius 2 is 1.35 bits per heavy atom. The maximum Gasteiger partial charge on any atom is 0.123 e. The zero-order valence-corrected chi connectivity index (χ0v) is 14.8. The molecule has 2 aromatic rings. The predicted molar refractivity (Wildman–Crippen MR) is 97.0 cm³/mol. The molecule has 0 aromatic heterocycles. The number of hydrogen-bond acceptors (Lipinski definition) is 3. The van der Waals surface area contributed by atoms with E-state index in [1.54, 1.807) is 0 Å². The van der Waals surface area contributed by atoms with Crippen LogP contribution in [0.15, 0.2) is 48.5 Å². The van der Waals surface area contributed by atoms with Gasteiger partial charge in [0.05, 0.1) is 12.6 Å². The molecule has 4 rings (SSSR count). The van der Waals surface area contributed by atoms with Gasteiger partial charge in [-0.15, -0.1) is 0 Å². The quantitative estimate of drug-likeness (QED) is 0.833. The van der Waals surface area contributed by atoms with Crippen LogP contribution in [-0.4, -0.2) is 55.2 Å². The molecule has 0 spiro atoms. The van der Waals surface area contributed by atoms with Crippen LogP contribution in [0.25, 0.3) is 0 Å². The number of rotatable bonds is 4. The van der Waals surface area contributed by atoms with Crippen molar-refractivity contribution in [1.29, 1.82) is 0 Å². The van der Waals surface area contributed by atoms with Crippen LogP contribution in [0.4, 0.5) is 8.78 Å². The molecule has 0 radical (unpaired) electrons. The molecule has 2 heterocycles. The molecule has 0 unspecified atom stereocenters. The third kappa shape index (κ3) is 3.80. The Morgan fingerprint density at radius 1 is 0.808 bits per heavy atom. The lowest BCUT2D eigenvalue weighted by Crippen LogP contribution is -2.51. The minimum Gasteiger partial charge on any atom is -0.380 e. The van der Waals surface area contributed by atoms with Crippen LogP contribution in [0, 0.1) is 11.6 Å². The van der Waals surface area contributed by atoms with E-state index in [4.69, 9.17) is 4.74 Å². The van der Waals surface area contributed by atoms with Crippen LogP contribution in [0.5, 0.6) is 0 Å². The Morgan fingerprint density at radius 3 is 1.81 bits per heavy atom. The molecule has 1 atom stereocenters. The first-order chi connectivity index (χ1) is 12.7. The number of hydrogen-bond donors (Lipinski definition) is 0. The van der Waals surface area contributed by atoms with E-state index in [0.717, 1.165) is 56.9 Å². The average Bonchev–Trinajstić information content (AvgIpc) is 3.20. The van der Waals surface area contributed by atoms with E-state index < -0.39 is 0 Å². The lowest BCUT2D eigenvalue weighted by molar-refractivity contribution is 0.0708. The third-order valence-electron chi connectivity index (χ3n) is 5.51. The third-order valence-corrected chi connectivity index (χ3v) is 5.51. The largest absolute Gasteiger partial charge is 0.380 e. The summed E-state index contributed by atoms with van der Waals surface area (Å²) in [6.07, 6.45) is 1.11. The Hall–Kier alpha value is -1.82. The molecule has 3 nitrogen and oxygen atoms in total. The maximum absolute atomic E-state index is 13.4. The van der Waals surface area contributed by atoms with Gasteiger partial charge in [0, 0.05) is 38.8 Å². The van der Waals surface area contributed by atoms with Gasteiger partial charge in [0.15, 0.2) is 0 Å². The van der Waals surface area contributed by atoms with Crippen molar-refractivity contribution >= 4 is 0 Å². The van der Waals surface area contributed by atoms with Gasteiger partial charge in [-0.25, -0.2) is 8.78 Å². The highest BCUT2D eigenvalue weighted by molar-refractivity contribution is 5.32. The fourth-order valence-corrected chi connectivity index (χ4v) is 4.08. The van der Waals surface area contributed by atoms with Crippen LogP contribution in [0.3, 0.4) is 0 Å². The molecular formula is C21H24F2N2O. The number of halogens is 2. The number of nitrogens with zero attached hydrogens (tertiary/aromatic N) is 2. The second-order valence-electron chi connectivity index (χ2n) is 7.09. The lowest BCUT2D eigenvalue weighted by Gasteiger charge is -2.41. The van der Waals surface area contributed by atoms with Gasteiger partial charge in [-0.1, -0.05) is 24.3 Å². The highest BCUT2D eigenvalue weighted by Gasteiger charge is 2.30. The van der Waals surface area contributed by atoms with Crippen LogP contribution in [0.1, 0.15) is 23.6 Å². The molecule has 0 amide bonds. The summed E-state index contributed by atoms with van der Waals surface area (Å²) in [6, 6.07) is 13.9. The summed E-state index contributed by atoms with van der Waals surface area (Å²) < 4.78 is 32.3. The van der Waals surface area contributed by atoms with Crippen molar-refractivity contribution in [2.24, 2.45) is 0 Å². The molecule has 2 fully saturated rings. The van der Waals surface area contributed by atoms with Crippen molar-refractivity contribution in [2.45, 2.75) is 18.5 Å². The topological polar surface area (TPSA) is 15.7 Å². The summed E-state index contributed by atoms with van der Waals surface area (Å²) in [5, 5.41) is 0. The van der Waals surface area contributed by atoms with E-state index in [2.05, 4.69) is 9.80 Å². The highest BCUT2D eigenvalue weighted by atomic mass is 19.1. The van der Waals surface area contributed by atoms with Gasteiger partial charge in [0.2, 0.25) is 0 Å². The highest BCUT2D eigenvalue weighted by Crippen LogP contribution is 2.30. The Bertz CT molecular complexity index is 660. The molecule has 2 saturated heterocycles. The van der Waals surface area contributed by atoms with Crippen molar-refractivity contribution in [3.05, 3.63) is 71.3 Å². The van der Waals surface area contributed by atoms with Gasteiger partial charge in [0.25, 0.3) is 0 Å². The normalized spacial score (nSPS) is 22.2. The summed E-state index contributed by atoms with van der Waals surface area (Å²) in [7, 11) is 0. The molecule has 0 N–H and O–H groups in total. The summed E-state index contributed by atoms with van der Waals surface area (Å²) in [6.45, 7) is 5.53. The van der Waals surface area contributed by atoms with E-state index >= 15 is 0 Å². The van der Waals surface area contributed by atoms with Gasteiger partial charge < -0.3 is 4.74 Å². The standard InChI is InChI=1S/C21H24F2N2O/c22-18-5-1-16(2-6-18)21(17-3-7-19(23)8-4-17)25-12-10-24(11-13-25)20-9-14-26-15-20/h1-8,20-21H,9-15H2/t20-/m1/s1. The van der Waals surface area contributed by atoms with Crippen molar-refractivity contribution in [3.63, 3.8) is 0 Å². The fourth-order valence-electron chi connectivity index (χ4n) is 4.08. The van der Waals surface area contributed by atoms with Crippen LogP contribution in [0.2, 0.25) is 0 Å². The first-order valence-corrected chi connectivity index (χ1v) is 9.27. The molecule has 0 bridgehead atoms. The SMILES string of the molecule is Fc1ccc(C(c2ccc(F)cc2)N2CCN([C@@H]3CCOC3)CC2)cc1. The lowest BCUT2D eigenvalue weighted by atomic mass is 9.96. The molecule has 2 aliphatic rings. The van der Waals surface area contributed by atoms with Gasteiger partial charge >= 0.3 is 0 Å². The molecule has 0 saturated carbocycles. The summed E-state index contributed by atoms with van der Waals surface area (Å²) >= 11 is 0. The molecule has 2 aromatic carbocycles. The van der Waals surface area contributed by atoms with Gasteiger partial charge in [-0.3, -0.25) is 9.80 Å². The first-order valence-electron chi connectivity index (χ1n) is 9.27. The number of ether oxygens (including phenoxy) is 1. The second-order valence-corrected chi connectivity index (χ2v) is 7.09. The molecular weight excluding hydrogens is 334 g/mol. The number of piperazine rings is 1. The summed E-state index contributed by atoms with van der Waals surface area (Å²) in [5.41, 5.74) is 2.08. The average molecular weight is 358 g/mol. The van der Waals surface area contributed by atoms with Crippen LogP contribution in [-0.2, 0) is 4.74 Å². The monoisotopic (exact) mass is 358 g/mol. The van der Waals surface area contributed by atoms with Crippen molar-refractivity contribution in [1.82, 2.24) is 9.80 Å². The minimum atomic E-state index is -0.238. The van der Waals surface area contributed by atoms with E-state index in [1.807, 2.05) is 24.3 Å². The minimum absolute atomic E-state index is 0.0122. The van der Waals surface area contributed by atoms with Gasteiger partial charge in [-0.2, -0.15) is 0 Å². The predicted octanol–water partition coefficient (Wildman–Crippen LogP) is 3.46.